The molecule has 17 heavy (non-hydrogen) atoms. The van der Waals surface area contributed by atoms with E-state index in [9.17, 15) is 8.78 Å². The smallest absolute Gasteiger partial charge is 0.130 e. The molecule has 0 aliphatic carbocycles. The van der Waals surface area contributed by atoms with Gasteiger partial charge in [-0.1, -0.05) is 15.9 Å². The lowest BCUT2D eigenvalue weighted by Crippen LogP contribution is -2.24. The average molecular weight is 305 g/mol. The van der Waals surface area contributed by atoms with Crippen LogP contribution in [0.4, 0.5) is 8.78 Å². The number of rotatable bonds is 2. The summed E-state index contributed by atoms with van der Waals surface area (Å²) in [7, 11) is 0. The largest absolute Gasteiger partial charge is 0.377 e. The van der Waals surface area contributed by atoms with Gasteiger partial charge in [-0.05, 0) is 37.8 Å². The Balaban J connectivity index is 2.23. The van der Waals surface area contributed by atoms with Gasteiger partial charge < -0.3 is 4.74 Å². The van der Waals surface area contributed by atoms with Crippen LogP contribution < -0.4 is 0 Å². The Labute approximate surface area is 108 Å². The Bertz CT molecular complexity index is 403. The minimum Gasteiger partial charge on any atom is -0.377 e. The zero-order valence-corrected chi connectivity index (χ0v) is 11.3. The molecule has 1 nitrogen and oxygen atoms in total. The van der Waals surface area contributed by atoms with Crippen LogP contribution in [0, 0.1) is 18.6 Å². The highest BCUT2D eigenvalue weighted by atomic mass is 79.9. The van der Waals surface area contributed by atoms with Crippen molar-refractivity contribution in [2.75, 3.05) is 6.61 Å². The van der Waals surface area contributed by atoms with Gasteiger partial charge in [0.1, 0.15) is 11.6 Å². The molecule has 2 unspecified atom stereocenters. The zero-order chi connectivity index (χ0) is 12.4. The third kappa shape index (κ3) is 2.86. The number of benzene rings is 1. The summed E-state index contributed by atoms with van der Waals surface area (Å²) in [5.74, 6) is -1.01. The summed E-state index contributed by atoms with van der Waals surface area (Å²) >= 11 is 3.47. The molecule has 0 saturated carbocycles. The molecular weight excluding hydrogens is 290 g/mol. The van der Waals surface area contributed by atoms with Crippen molar-refractivity contribution in [2.45, 2.75) is 37.1 Å². The van der Waals surface area contributed by atoms with Crippen LogP contribution in [-0.4, -0.2) is 12.7 Å². The summed E-state index contributed by atoms with van der Waals surface area (Å²) < 4.78 is 32.5. The van der Waals surface area contributed by atoms with Crippen molar-refractivity contribution >= 4 is 15.9 Å². The number of ether oxygens (including phenoxy) is 1. The molecule has 0 N–H and O–H groups in total. The number of alkyl halides is 1. The fourth-order valence-electron chi connectivity index (χ4n) is 2.09. The maximum Gasteiger partial charge on any atom is 0.130 e. The van der Waals surface area contributed by atoms with Gasteiger partial charge in [0.25, 0.3) is 0 Å². The third-order valence-electron chi connectivity index (χ3n) is 3.12. The van der Waals surface area contributed by atoms with E-state index in [-0.39, 0.29) is 10.9 Å². The highest BCUT2D eigenvalue weighted by Crippen LogP contribution is 2.35. The maximum atomic E-state index is 13.7. The van der Waals surface area contributed by atoms with E-state index in [1.807, 2.05) is 0 Å². The number of hydrogen-bond donors (Lipinski definition) is 0. The SMILES string of the molecule is Cc1cc(C(Br)C2CCCCO2)c(F)cc1F. The summed E-state index contributed by atoms with van der Waals surface area (Å²) in [5.41, 5.74) is 0.942. The van der Waals surface area contributed by atoms with Crippen molar-refractivity contribution in [3.8, 4) is 0 Å². The van der Waals surface area contributed by atoms with Crippen molar-refractivity contribution in [3.63, 3.8) is 0 Å². The van der Waals surface area contributed by atoms with E-state index in [2.05, 4.69) is 15.9 Å². The normalized spacial score (nSPS) is 22.5. The van der Waals surface area contributed by atoms with E-state index in [0.717, 1.165) is 25.3 Å². The van der Waals surface area contributed by atoms with Crippen LogP contribution in [-0.2, 0) is 4.74 Å². The molecule has 2 rings (SSSR count). The van der Waals surface area contributed by atoms with Crippen LogP contribution in [0.2, 0.25) is 0 Å². The van der Waals surface area contributed by atoms with E-state index >= 15 is 0 Å². The van der Waals surface area contributed by atoms with Crippen LogP contribution in [0.15, 0.2) is 12.1 Å². The van der Waals surface area contributed by atoms with Crippen LogP contribution in [0.3, 0.4) is 0 Å². The van der Waals surface area contributed by atoms with Crippen LogP contribution in [0.1, 0.15) is 35.2 Å². The van der Waals surface area contributed by atoms with Crippen molar-refractivity contribution in [1.82, 2.24) is 0 Å². The lowest BCUT2D eigenvalue weighted by atomic mass is 9.99. The Kier molecular flexibility index (Phi) is 4.15. The van der Waals surface area contributed by atoms with Gasteiger partial charge in [0.2, 0.25) is 0 Å². The molecule has 0 bridgehead atoms. The molecule has 4 heteroatoms. The van der Waals surface area contributed by atoms with E-state index in [0.29, 0.717) is 17.7 Å². The Morgan fingerprint density at radius 1 is 1.29 bits per heavy atom. The topological polar surface area (TPSA) is 9.23 Å². The lowest BCUT2D eigenvalue weighted by Gasteiger charge is -2.27. The highest BCUT2D eigenvalue weighted by Gasteiger charge is 2.26. The Morgan fingerprint density at radius 2 is 2.06 bits per heavy atom. The first-order valence-corrected chi connectivity index (χ1v) is 6.72. The fourth-order valence-corrected chi connectivity index (χ4v) is 2.86. The molecule has 1 aromatic carbocycles. The molecule has 0 spiro atoms. The molecule has 1 heterocycles. The van der Waals surface area contributed by atoms with Crippen molar-refractivity contribution in [1.29, 1.82) is 0 Å². The van der Waals surface area contributed by atoms with Gasteiger partial charge in [-0.2, -0.15) is 0 Å². The standard InChI is InChI=1S/C13H15BrF2O/c1-8-6-9(11(16)7-10(8)15)13(14)12-4-2-3-5-17-12/h6-7,12-13H,2-5H2,1H3. The third-order valence-corrected chi connectivity index (χ3v) is 4.20. The van der Waals surface area contributed by atoms with E-state index < -0.39 is 11.6 Å². The number of halogens is 3. The second-order valence-corrected chi connectivity index (χ2v) is 5.42. The van der Waals surface area contributed by atoms with Gasteiger partial charge >= 0.3 is 0 Å². The lowest BCUT2D eigenvalue weighted by molar-refractivity contribution is 0.0155. The second-order valence-electron chi connectivity index (χ2n) is 4.43. The van der Waals surface area contributed by atoms with E-state index in [4.69, 9.17) is 4.74 Å². The van der Waals surface area contributed by atoms with Crippen LogP contribution >= 0.6 is 15.9 Å². The molecule has 1 aliphatic heterocycles. The molecule has 1 fully saturated rings. The second kappa shape index (κ2) is 5.44. The van der Waals surface area contributed by atoms with Gasteiger partial charge in [-0.3, -0.25) is 0 Å². The van der Waals surface area contributed by atoms with Gasteiger partial charge in [-0.15, -0.1) is 0 Å². The first kappa shape index (κ1) is 13.0. The summed E-state index contributed by atoms with van der Waals surface area (Å²) in [4.78, 5) is -0.206. The molecular formula is C13H15BrF2O. The maximum absolute atomic E-state index is 13.7. The minimum atomic E-state index is -0.510. The van der Waals surface area contributed by atoms with Gasteiger partial charge in [0.15, 0.2) is 0 Å². The summed E-state index contributed by atoms with van der Waals surface area (Å²) in [6.45, 7) is 2.36. The van der Waals surface area contributed by atoms with Gasteiger partial charge in [-0.25, -0.2) is 8.78 Å². The van der Waals surface area contributed by atoms with Crippen molar-refractivity contribution < 1.29 is 13.5 Å². The van der Waals surface area contributed by atoms with Crippen molar-refractivity contribution in [3.05, 3.63) is 34.9 Å². The fraction of sp³-hybridized carbons (Fsp3) is 0.538. The quantitative estimate of drug-likeness (QED) is 0.741. The summed E-state index contributed by atoms with van der Waals surface area (Å²) in [6.07, 6.45) is 3.03. The highest BCUT2D eigenvalue weighted by molar-refractivity contribution is 9.09. The first-order valence-electron chi connectivity index (χ1n) is 5.81. The molecule has 94 valence electrons. The predicted molar refractivity (Wildman–Crippen MR) is 66.4 cm³/mol. The molecule has 0 radical (unpaired) electrons. The van der Waals surface area contributed by atoms with Crippen molar-refractivity contribution in [2.24, 2.45) is 0 Å². The summed E-state index contributed by atoms with van der Waals surface area (Å²) in [5, 5.41) is 0. The number of aryl methyl sites for hydroxylation is 1. The van der Waals surface area contributed by atoms with Gasteiger partial charge in [0.05, 0.1) is 10.9 Å². The zero-order valence-electron chi connectivity index (χ0n) is 9.68. The molecule has 1 aromatic rings. The van der Waals surface area contributed by atoms with Crippen LogP contribution in [0.5, 0.6) is 0 Å². The molecule has 0 amide bonds. The monoisotopic (exact) mass is 304 g/mol. The first-order chi connectivity index (χ1) is 8.09. The van der Waals surface area contributed by atoms with E-state index in [1.165, 1.54) is 0 Å². The molecule has 0 aromatic heterocycles. The summed E-state index contributed by atoms with van der Waals surface area (Å²) in [6, 6.07) is 2.50. The minimum absolute atomic E-state index is 0.0249. The predicted octanol–water partition coefficient (Wildman–Crippen LogP) is 4.28. The van der Waals surface area contributed by atoms with E-state index in [1.54, 1.807) is 13.0 Å². The Morgan fingerprint density at radius 3 is 2.71 bits per heavy atom. The Hall–Kier alpha value is -0.480. The number of hydrogen-bond acceptors (Lipinski definition) is 1. The molecule has 2 atom stereocenters. The molecule has 1 aliphatic rings. The van der Waals surface area contributed by atoms with Crippen LogP contribution in [0.25, 0.3) is 0 Å². The molecule has 1 saturated heterocycles. The van der Waals surface area contributed by atoms with Gasteiger partial charge in [0, 0.05) is 18.2 Å². The average Bonchev–Trinajstić information content (AvgIpc) is 2.34.